The van der Waals surface area contributed by atoms with Crippen molar-refractivity contribution in [3.63, 3.8) is 0 Å². The molecule has 0 amide bonds. The highest BCUT2D eigenvalue weighted by atomic mass is 16.3. The first kappa shape index (κ1) is 22.3. The molecule has 0 radical (unpaired) electrons. The van der Waals surface area contributed by atoms with E-state index in [4.69, 9.17) is 0 Å². The van der Waals surface area contributed by atoms with Gasteiger partial charge >= 0.3 is 0 Å². The molecule has 0 aromatic rings. The Morgan fingerprint density at radius 3 is 2.63 bits per heavy atom. The molecule has 7 atom stereocenters. The van der Waals surface area contributed by atoms with Gasteiger partial charge in [0.2, 0.25) is 0 Å². The number of rotatable bonds is 6. The van der Waals surface area contributed by atoms with Gasteiger partial charge in [-0.15, -0.1) is 0 Å². The van der Waals surface area contributed by atoms with Crippen LogP contribution in [0.4, 0.5) is 0 Å². The van der Waals surface area contributed by atoms with Gasteiger partial charge in [-0.25, -0.2) is 0 Å². The van der Waals surface area contributed by atoms with Crippen LogP contribution in [0.1, 0.15) is 84.5 Å². The minimum atomic E-state index is -0.613. The second-order valence-corrected chi connectivity index (χ2v) is 11.1. The zero-order chi connectivity index (χ0) is 21.5. The molecule has 0 bridgehead atoms. The van der Waals surface area contributed by atoms with Gasteiger partial charge in [-0.3, -0.25) is 0 Å². The van der Waals surface area contributed by atoms with E-state index in [1.54, 1.807) is 5.57 Å². The Labute approximate surface area is 183 Å². The number of hydrogen-bond donors (Lipinski definition) is 3. The lowest BCUT2D eigenvalue weighted by Crippen LogP contribution is -2.36. The van der Waals surface area contributed by atoms with E-state index < -0.39 is 12.2 Å². The van der Waals surface area contributed by atoms with E-state index in [1.165, 1.54) is 44.9 Å². The number of fused-ring (bicyclic) bond motifs is 1. The van der Waals surface area contributed by atoms with Gasteiger partial charge in [-0.05, 0) is 104 Å². The molecule has 3 heteroatoms. The van der Waals surface area contributed by atoms with Crippen molar-refractivity contribution in [2.45, 2.75) is 103 Å². The predicted molar refractivity (Wildman–Crippen MR) is 122 cm³/mol. The Morgan fingerprint density at radius 2 is 1.90 bits per heavy atom. The minimum absolute atomic E-state index is 0.0693. The first-order valence-electron chi connectivity index (χ1n) is 12.4. The molecule has 0 spiro atoms. The highest BCUT2D eigenvalue weighted by Crippen LogP contribution is 2.60. The lowest BCUT2D eigenvalue weighted by molar-refractivity contribution is 0.0784. The van der Waals surface area contributed by atoms with Gasteiger partial charge in [0.15, 0.2) is 0 Å². The fourth-order valence-corrected chi connectivity index (χ4v) is 7.03. The number of hydrogen-bond acceptors (Lipinski definition) is 3. The van der Waals surface area contributed by atoms with E-state index in [0.717, 1.165) is 29.9 Å². The first-order chi connectivity index (χ1) is 14.3. The van der Waals surface area contributed by atoms with Crippen molar-refractivity contribution < 1.29 is 15.3 Å². The average Bonchev–Trinajstić information content (AvgIpc) is 3.49. The highest BCUT2D eigenvalue weighted by molar-refractivity contribution is 5.38. The van der Waals surface area contributed by atoms with Crippen molar-refractivity contribution in [2.24, 2.45) is 29.1 Å². The van der Waals surface area contributed by atoms with Gasteiger partial charge < -0.3 is 15.3 Å². The van der Waals surface area contributed by atoms with Crippen LogP contribution in [0.3, 0.4) is 0 Å². The summed E-state index contributed by atoms with van der Waals surface area (Å²) in [6.45, 7) is 9.01. The van der Waals surface area contributed by atoms with E-state index in [0.29, 0.717) is 36.0 Å². The molecule has 4 fully saturated rings. The summed E-state index contributed by atoms with van der Waals surface area (Å²) in [5.74, 6) is 2.66. The first-order valence-corrected chi connectivity index (χ1v) is 12.4. The van der Waals surface area contributed by atoms with Gasteiger partial charge in [-0.2, -0.15) is 0 Å². The Kier molecular flexibility index (Phi) is 6.63. The SMILES string of the molecule is C=C1/C(=C\C=C2CCC[C@@]3(C)C2CC[C@@H]3[C@H](C)CCC(O)C2CC2)C[C@@H](O)C[C@@H]1O. The summed E-state index contributed by atoms with van der Waals surface area (Å²) in [4.78, 5) is 0. The molecule has 0 heterocycles. The Hall–Kier alpha value is -0.900. The smallest absolute Gasteiger partial charge is 0.0811 e. The average molecular weight is 415 g/mol. The summed E-state index contributed by atoms with van der Waals surface area (Å²) in [6, 6.07) is 0. The van der Waals surface area contributed by atoms with E-state index >= 15 is 0 Å². The summed E-state index contributed by atoms with van der Waals surface area (Å²) < 4.78 is 0. The number of aliphatic hydroxyl groups excluding tert-OH is 3. The Bertz CT molecular complexity index is 703. The maximum absolute atomic E-state index is 10.3. The van der Waals surface area contributed by atoms with Crippen molar-refractivity contribution in [1.82, 2.24) is 0 Å². The van der Waals surface area contributed by atoms with E-state index in [9.17, 15) is 15.3 Å². The van der Waals surface area contributed by atoms with Crippen LogP contribution in [-0.2, 0) is 0 Å². The molecule has 168 valence electrons. The van der Waals surface area contributed by atoms with Crippen LogP contribution in [0.5, 0.6) is 0 Å². The van der Waals surface area contributed by atoms with Crippen molar-refractivity contribution in [2.75, 3.05) is 0 Å². The summed E-state index contributed by atoms with van der Waals surface area (Å²) >= 11 is 0. The molecule has 0 aromatic heterocycles. The Morgan fingerprint density at radius 1 is 1.13 bits per heavy atom. The minimum Gasteiger partial charge on any atom is -0.393 e. The summed E-state index contributed by atoms with van der Waals surface area (Å²) in [5.41, 5.74) is 3.72. The van der Waals surface area contributed by atoms with Gasteiger partial charge in [0, 0.05) is 6.42 Å². The second-order valence-electron chi connectivity index (χ2n) is 11.1. The van der Waals surface area contributed by atoms with E-state index in [2.05, 4.69) is 32.6 Å². The lowest BCUT2D eigenvalue weighted by atomic mass is 9.60. The van der Waals surface area contributed by atoms with Crippen LogP contribution < -0.4 is 0 Å². The molecule has 3 nitrogen and oxygen atoms in total. The summed E-state index contributed by atoms with van der Waals surface area (Å²) in [6.07, 6.45) is 15.2. The predicted octanol–water partition coefficient (Wildman–Crippen LogP) is 5.31. The fraction of sp³-hybridized carbons (Fsp3) is 0.778. The quantitative estimate of drug-likeness (QED) is 0.552. The molecule has 0 aromatic carbocycles. The second kappa shape index (κ2) is 8.92. The van der Waals surface area contributed by atoms with Crippen LogP contribution in [0.15, 0.2) is 35.5 Å². The van der Waals surface area contributed by atoms with Gasteiger partial charge in [0.05, 0.1) is 18.3 Å². The molecule has 2 unspecified atom stereocenters. The third kappa shape index (κ3) is 4.49. The van der Waals surface area contributed by atoms with Gasteiger partial charge in [0.25, 0.3) is 0 Å². The molecular weight excluding hydrogens is 372 g/mol. The van der Waals surface area contributed by atoms with E-state index in [-0.39, 0.29) is 6.10 Å². The van der Waals surface area contributed by atoms with E-state index in [1.807, 2.05) is 0 Å². The number of aliphatic hydroxyl groups is 3. The standard InChI is InChI=1S/C27H42O3/c1-17(6-13-25(29)20-8-9-20)23-11-12-24-19(5-4-14-27(23,24)3)7-10-21-15-22(28)16-26(30)18(21)2/h7,10,17,20,22-26,28-30H,2,4-6,8-9,11-16H2,1,3H3/b19-7?,21-10-/t17-,22-,23-,24?,25?,26+,27-/m1/s1. The molecular formula is C27H42O3. The maximum Gasteiger partial charge on any atom is 0.0811 e. The molecule has 4 rings (SSSR count). The zero-order valence-electron chi connectivity index (χ0n) is 19.0. The highest BCUT2D eigenvalue weighted by Gasteiger charge is 2.50. The van der Waals surface area contributed by atoms with Crippen LogP contribution in [0, 0.1) is 29.1 Å². The number of allylic oxidation sites excluding steroid dienone is 3. The molecule has 0 aliphatic heterocycles. The van der Waals surface area contributed by atoms with Gasteiger partial charge in [0.1, 0.15) is 0 Å². The third-order valence-electron chi connectivity index (χ3n) is 9.07. The van der Waals surface area contributed by atoms with Crippen molar-refractivity contribution in [3.05, 3.63) is 35.5 Å². The van der Waals surface area contributed by atoms with Crippen molar-refractivity contribution >= 4 is 0 Å². The fourth-order valence-electron chi connectivity index (χ4n) is 7.03. The molecule has 0 saturated heterocycles. The maximum atomic E-state index is 10.3. The lowest BCUT2D eigenvalue weighted by Gasteiger charge is -2.44. The normalized spacial score (nSPS) is 41.8. The van der Waals surface area contributed by atoms with Crippen molar-refractivity contribution in [1.29, 1.82) is 0 Å². The molecule has 3 N–H and O–H groups in total. The zero-order valence-corrected chi connectivity index (χ0v) is 19.0. The van der Waals surface area contributed by atoms with Gasteiger partial charge in [-0.1, -0.05) is 38.2 Å². The Balaban J connectivity index is 1.44. The summed E-state index contributed by atoms with van der Waals surface area (Å²) in [7, 11) is 0. The van der Waals surface area contributed by atoms with Crippen LogP contribution in [-0.4, -0.2) is 33.6 Å². The molecule has 4 aliphatic carbocycles. The molecule has 4 aliphatic rings. The van der Waals surface area contributed by atoms with Crippen molar-refractivity contribution in [3.8, 4) is 0 Å². The summed E-state index contributed by atoms with van der Waals surface area (Å²) in [5, 5.41) is 30.5. The monoisotopic (exact) mass is 414 g/mol. The largest absolute Gasteiger partial charge is 0.393 e. The van der Waals surface area contributed by atoms with Crippen LogP contribution >= 0.6 is 0 Å². The van der Waals surface area contributed by atoms with Crippen LogP contribution in [0.2, 0.25) is 0 Å². The van der Waals surface area contributed by atoms with Crippen LogP contribution in [0.25, 0.3) is 0 Å². The molecule has 4 saturated carbocycles. The topological polar surface area (TPSA) is 60.7 Å². The third-order valence-corrected chi connectivity index (χ3v) is 9.07. The molecule has 30 heavy (non-hydrogen) atoms.